The lowest BCUT2D eigenvalue weighted by Gasteiger charge is -2.12. The van der Waals surface area contributed by atoms with E-state index < -0.39 is 0 Å². The summed E-state index contributed by atoms with van der Waals surface area (Å²) in [6, 6.07) is 7.77. The third kappa shape index (κ3) is 3.33. The molecule has 0 fully saturated rings. The fourth-order valence-corrected chi connectivity index (χ4v) is 2.36. The van der Waals surface area contributed by atoms with E-state index in [1.165, 1.54) is 11.8 Å². The van der Waals surface area contributed by atoms with Gasteiger partial charge in [0.15, 0.2) is 5.16 Å². The number of methoxy groups -OCH3 is 1. The molecule has 4 nitrogen and oxygen atoms in total. The zero-order valence-electron chi connectivity index (χ0n) is 11.0. The van der Waals surface area contributed by atoms with Gasteiger partial charge in [0.25, 0.3) is 0 Å². The van der Waals surface area contributed by atoms with Gasteiger partial charge in [-0.1, -0.05) is 23.9 Å². The van der Waals surface area contributed by atoms with Crippen LogP contribution in [0.15, 0.2) is 40.5 Å². The van der Waals surface area contributed by atoms with Crippen molar-refractivity contribution in [1.82, 2.24) is 9.97 Å². The Morgan fingerprint density at radius 3 is 2.63 bits per heavy atom. The molecule has 1 aromatic carbocycles. The van der Waals surface area contributed by atoms with Crippen LogP contribution in [-0.4, -0.2) is 29.6 Å². The third-order valence-electron chi connectivity index (χ3n) is 2.50. The van der Waals surface area contributed by atoms with Crippen molar-refractivity contribution in [2.75, 3.05) is 24.9 Å². The van der Waals surface area contributed by atoms with Crippen molar-refractivity contribution in [3.05, 3.63) is 30.5 Å². The molecule has 0 aliphatic carbocycles. The summed E-state index contributed by atoms with van der Waals surface area (Å²) in [7, 11) is 1.66. The Kier molecular flexibility index (Phi) is 4.93. The van der Waals surface area contributed by atoms with E-state index in [2.05, 4.69) is 15.3 Å². The molecule has 0 radical (unpaired) electrons. The summed E-state index contributed by atoms with van der Waals surface area (Å²) in [4.78, 5) is 9.77. The van der Waals surface area contributed by atoms with Crippen LogP contribution in [-0.2, 0) is 0 Å². The Morgan fingerprint density at radius 2 is 1.95 bits per heavy atom. The number of anilines is 2. The first-order valence-electron chi connectivity index (χ1n) is 5.63. The minimum absolute atomic E-state index is 0.746. The summed E-state index contributed by atoms with van der Waals surface area (Å²) >= 11 is 3.13. The fourth-order valence-electron chi connectivity index (χ4n) is 1.57. The van der Waals surface area contributed by atoms with Crippen LogP contribution < -0.4 is 10.1 Å². The third-order valence-corrected chi connectivity index (χ3v) is 3.80. The van der Waals surface area contributed by atoms with Gasteiger partial charge in [-0.25, -0.2) is 9.97 Å². The van der Waals surface area contributed by atoms with Gasteiger partial charge in [0.1, 0.15) is 11.6 Å². The van der Waals surface area contributed by atoms with E-state index >= 15 is 0 Å². The van der Waals surface area contributed by atoms with Crippen LogP contribution in [0, 0.1) is 0 Å². The Labute approximate surface area is 121 Å². The monoisotopic (exact) mass is 293 g/mol. The zero-order chi connectivity index (χ0) is 13.7. The zero-order valence-corrected chi connectivity index (χ0v) is 12.6. The van der Waals surface area contributed by atoms with E-state index in [-0.39, 0.29) is 0 Å². The molecule has 0 saturated heterocycles. The normalized spacial score (nSPS) is 10.3. The highest BCUT2D eigenvalue weighted by molar-refractivity contribution is 7.99. The van der Waals surface area contributed by atoms with Gasteiger partial charge in [-0.2, -0.15) is 0 Å². The lowest BCUT2D eigenvalue weighted by Crippen LogP contribution is -2.00. The minimum Gasteiger partial charge on any atom is -0.495 e. The van der Waals surface area contributed by atoms with E-state index in [0.717, 1.165) is 27.3 Å². The smallest absolute Gasteiger partial charge is 0.189 e. The van der Waals surface area contributed by atoms with Crippen molar-refractivity contribution >= 4 is 35.0 Å². The topological polar surface area (TPSA) is 47.0 Å². The van der Waals surface area contributed by atoms with Crippen LogP contribution in [0.3, 0.4) is 0 Å². The number of aromatic nitrogens is 2. The maximum absolute atomic E-state index is 5.33. The molecule has 0 atom stereocenters. The molecule has 2 rings (SSSR count). The highest BCUT2D eigenvalue weighted by Gasteiger charge is 2.09. The Bertz CT molecular complexity index is 563. The average molecular weight is 293 g/mol. The molecule has 6 heteroatoms. The predicted octanol–water partition coefficient (Wildman–Crippen LogP) is 3.67. The molecule has 0 unspecified atom stereocenters. The van der Waals surface area contributed by atoms with Crippen LogP contribution >= 0.6 is 23.5 Å². The molecule has 0 aliphatic heterocycles. The lowest BCUT2D eigenvalue weighted by molar-refractivity contribution is 0.417. The predicted molar refractivity (Wildman–Crippen MR) is 81.9 cm³/mol. The Balaban J connectivity index is 2.36. The maximum Gasteiger partial charge on any atom is 0.189 e. The Hall–Kier alpha value is -1.40. The number of thioether (sulfide) groups is 2. The van der Waals surface area contributed by atoms with Gasteiger partial charge in [-0.3, -0.25) is 0 Å². The summed E-state index contributed by atoms with van der Waals surface area (Å²) in [5.41, 5.74) is 0.894. The minimum atomic E-state index is 0.746. The van der Waals surface area contributed by atoms with E-state index in [1.54, 1.807) is 18.9 Å². The van der Waals surface area contributed by atoms with Crippen molar-refractivity contribution in [1.29, 1.82) is 0 Å². The summed E-state index contributed by atoms with van der Waals surface area (Å²) in [5, 5.41) is 4.05. The summed E-state index contributed by atoms with van der Waals surface area (Å²) in [5.74, 6) is 1.59. The average Bonchev–Trinajstić information content (AvgIpc) is 2.47. The molecular formula is C13H15N3OS2. The number of hydrogen-bond donors (Lipinski definition) is 1. The molecule has 2 aromatic rings. The van der Waals surface area contributed by atoms with Gasteiger partial charge >= 0.3 is 0 Å². The summed E-state index contributed by atoms with van der Waals surface area (Å²) in [6.07, 6.45) is 5.80. The second-order valence-corrected chi connectivity index (χ2v) is 5.22. The first-order chi connectivity index (χ1) is 9.28. The molecule has 1 aromatic heterocycles. The second kappa shape index (κ2) is 6.68. The van der Waals surface area contributed by atoms with Gasteiger partial charge < -0.3 is 10.1 Å². The number of rotatable bonds is 5. The van der Waals surface area contributed by atoms with Gasteiger partial charge in [-0.15, -0.1) is 11.8 Å². The molecular weight excluding hydrogens is 278 g/mol. The van der Waals surface area contributed by atoms with E-state index in [0.29, 0.717) is 0 Å². The van der Waals surface area contributed by atoms with Crippen molar-refractivity contribution in [3.63, 3.8) is 0 Å². The molecule has 0 saturated carbocycles. The van der Waals surface area contributed by atoms with Crippen molar-refractivity contribution in [2.45, 2.75) is 10.1 Å². The molecule has 1 N–H and O–H groups in total. The van der Waals surface area contributed by atoms with Crippen LogP contribution in [0.1, 0.15) is 0 Å². The standard InChI is InChI=1S/C13H15N3OS2/c1-17-10-7-5-4-6-9(10)15-12-11(18-2)8-14-13(16-12)19-3/h4-8H,1-3H3,(H,14,15,16). The van der Waals surface area contributed by atoms with Crippen molar-refractivity contribution < 1.29 is 4.74 Å². The first-order valence-corrected chi connectivity index (χ1v) is 8.08. The maximum atomic E-state index is 5.33. The summed E-state index contributed by atoms with van der Waals surface area (Å²) < 4.78 is 5.33. The van der Waals surface area contributed by atoms with E-state index in [1.807, 2.05) is 43.0 Å². The van der Waals surface area contributed by atoms with Gasteiger partial charge in [0.05, 0.1) is 17.7 Å². The number of nitrogens with one attached hydrogen (secondary N) is 1. The Morgan fingerprint density at radius 1 is 1.16 bits per heavy atom. The van der Waals surface area contributed by atoms with Crippen LogP contribution in [0.25, 0.3) is 0 Å². The first kappa shape index (κ1) is 14.0. The number of ether oxygens (including phenoxy) is 1. The highest BCUT2D eigenvalue weighted by Crippen LogP contribution is 2.31. The van der Waals surface area contributed by atoms with Gasteiger partial charge in [-0.05, 0) is 24.6 Å². The summed E-state index contributed by atoms with van der Waals surface area (Å²) in [6.45, 7) is 0. The van der Waals surface area contributed by atoms with E-state index in [9.17, 15) is 0 Å². The molecule has 1 heterocycles. The number of benzene rings is 1. The number of para-hydroxylation sites is 2. The molecule has 0 aliphatic rings. The molecule has 19 heavy (non-hydrogen) atoms. The largest absolute Gasteiger partial charge is 0.495 e. The molecule has 0 amide bonds. The van der Waals surface area contributed by atoms with Crippen LogP contribution in [0.5, 0.6) is 5.75 Å². The van der Waals surface area contributed by atoms with Crippen LogP contribution in [0.2, 0.25) is 0 Å². The lowest BCUT2D eigenvalue weighted by atomic mass is 10.3. The number of nitrogens with zero attached hydrogens (tertiary/aromatic N) is 2. The highest BCUT2D eigenvalue weighted by atomic mass is 32.2. The number of hydrogen-bond acceptors (Lipinski definition) is 6. The van der Waals surface area contributed by atoms with Gasteiger partial charge in [0.2, 0.25) is 0 Å². The fraction of sp³-hybridized carbons (Fsp3) is 0.231. The van der Waals surface area contributed by atoms with E-state index in [4.69, 9.17) is 4.74 Å². The molecule has 0 spiro atoms. The second-order valence-electron chi connectivity index (χ2n) is 3.60. The van der Waals surface area contributed by atoms with Crippen molar-refractivity contribution in [3.8, 4) is 5.75 Å². The molecule has 0 bridgehead atoms. The quantitative estimate of drug-likeness (QED) is 0.670. The molecule has 100 valence electrons. The van der Waals surface area contributed by atoms with Crippen molar-refractivity contribution in [2.24, 2.45) is 0 Å². The van der Waals surface area contributed by atoms with Gasteiger partial charge in [0, 0.05) is 6.20 Å². The SMILES string of the molecule is COc1ccccc1Nc1nc(SC)ncc1SC. The van der Waals surface area contributed by atoms with Crippen LogP contribution in [0.4, 0.5) is 11.5 Å².